The molecule has 1 aromatic heterocycles. The molecule has 0 amide bonds. The molecular formula is C32H31N2+. The highest BCUT2D eigenvalue weighted by atomic mass is 14.9. The van der Waals surface area contributed by atoms with Crippen molar-refractivity contribution in [2.24, 2.45) is 7.05 Å². The fourth-order valence-electron chi connectivity index (χ4n) is 5.63. The van der Waals surface area contributed by atoms with Gasteiger partial charge in [-0.1, -0.05) is 68.4 Å². The van der Waals surface area contributed by atoms with E-state index in [9.17, 15) is 1.37 Å². The topological polar surface area (TPSA) is 8.24 Å². The van der Waals surface area contributed by atoms with E-state index >= 15 is 0 Å². The van der Waals surface area contributed by atoms with Crippen LogP contribution < -0.4 is 4.57 Å². The summed E-state index contributed by atoms with van der Waals surface area (Å²) < 4.78 is 35.3. The van der Waals surface area contributed by atoms with Gasteiger partial charge in [-0.3, -0.25) is 0 Å². The molecule has 0 saturated carbocycles. The molecule has 4 aromatic rings. The van der Waals surface area contributed by atoms with Gasteiger partial charge in [0.2, 0.25) is 5.69 Å². The minimum atomic E-state index is -2.30. The van der Waals surface area contributed by atoms with Gasteiger partial charge in [0.05, 0.1) is 13.5 Å². The summed E-state index contributed by atoms with van der Waals surface area (Å²) >= 11 is 0. The van der Waals surface area contributed by atoms with Gasteiger partial charge >= 0.3 is 0 Å². The molecule has 168 valence electrons. The van der Waals surface area contributed by atoms with E-state index < -0.39 is 12.3 Å². The summed E-state index contributed by atoms with van der Waals surface area (Å²) in [7, 11) is 1.86. The van der Waals surface area contributed by atoms with Crippen LogP contribution in [0, 0.1) is 34.2 Å². The summed E-state index contributed by atoms with van der Waals surface area (Å²) in [4.78, 5) is 3.90. The number of aryl methyl sites for hydroxylation is 1. The van der Waals surface area contributed by atoms with Crippen molar-refractivity contribution in [2.75, 3.05) is 0 Å². The Bertz CT molecular complexity index is 1640. The number of aromatic nitrogens is 1. The first-order valence-electron chi connectivity index (χ1n) is 13.6. The molecule has 0 aliphatic heterocycles. The van der Waals surface area contributed by atoms with E-state index in [1.807, 2.05) is 42.8 Å². The lowest BCUT2D eigenvalue weighted by Gasteiger charge is -2.27. The summed E-state index contributed by atoms with van der Waals surface area (Å²) in [5.41, 5.74) is 10.6. The Kier molecular flexibility index (Phi) is 4.00. The van der Waals surface area contributed by atoms with Crippen molar-refractivity contribution < 1.29 is 10.1 Å². The first-order chi connectivity index (χ1) is 17.8. The Labute approximate surface area is 209 Å². The zero-order valence-corrected chi connectivity index (χ0v) is 20.6. The van der Waals surface area contributed by atoms with E-state index in [-0.39, 0.29) is 11.6 Å². The summed E-state index contributed by atoms with van der Waals surface area (Å²) in [5.74, 6) is 0. The van der Waals surface area contributed by atoms with E-state index in [1.54, 1.807) is 6.92 Å². The molecule has 0 saturated heterocycles. The van der Waals surface area contributed by atoms with Crippen molar-refractivity contribution in [2.45, 2.75) is 46.9 Å². The van der Waals surface area contributed by atoms with Crippen LogP contribution in [0.5, 0.6) is 0 Å². The van der Waals surface area contributed by atoms with E-state index in [0.29, 0.717) is 16.9 Å². The van der Waals surface area contributed by atoms with Crippen molar-refractivity contribution >= 4 is 5.69 Å². The molecule has 1 aliphatic carbocycles. The highest BCUT2D eigenvalue weighted by Gasteiger charge is 2.42. The molecular weight excluding hydrogens is 412 g/mol. The van der Waals surface area contributed by atoms with E-state index in [2.05, 4.69) is 55.9 Å². The number of rotatable bonds is 2. The molecule has 0 N–H and O–H groups in total. The van der Waals surface area contributed by atoms with Crippen LogP contribution in [0.3, 0.4) is 0 Å². The summed E-state index contributed by atoms with van der Waals surface area (Å²) in [6, 6.07) is 18.5. The molecule has 1 aliphatic rings. The fourth-order valence-corrected chi connectivity index (χ4v) is 5.63. The zero-order chi connectivity index (χ0) is 27.7. The molecule has 0 radical (unpaired) electrons. The normalized spacial score (nSPS) is 15.4. The summed E-state index contributed by atoms with van der Waals surface area (Å²) in [6.45, 7) is 15.6. The molecule has 1 heterocycles. The first kappa shape index (κ1) is 17.7. The predicted octanol–water partition coefficient (Wildman–Crippen LogP) is 7.94. The van der Waals surface area contributed by atoms with Gasteiger partial charge in [-0.25, -0.2) is 4.85 Å². The molecule has 5 rings (SSSR count). The van der Waals surface area contributed by atoms with Gasteiger partial charge < -0.3 is 0 Å². The Morgan fingerprint density at radius 1 is 0.882 bits per heavy atom. The zero-order valence-electron chi connectivity index (χ0n) is 24.6. The van der Waals surface area contributed by atoms with Crippen LogP contribution in [-0.4, -0.2) is 0 Å². The molecule has 3 aromatic carbocycles. The second kappa shape index (κ2) is 7.67. The standard InChI is InChI=1S/C32H31N2/c1-19-14-15-24-25-16-17-26(33-7)29(23-12-10-9-11-13-23)31(25)32(5,6)30(24)28(19)27-18-20(2)21(3)22(4)34(27)8/h9-18H,1-6,8H3/q+1/i3D3,18D. The second-order valence-electron chi connectivity index (χ2n) is 9.78. The second-order valence-corrected chi connectivity index (χ2v) is 9.78. The van der Waals surface area contributed by atoms with Crippen LogP contribution >= 0.6 is 0 Å². The maximum absolute atomic E-state index is 9.17. The van der Waals surface area contributed by atoms with Crippen molar-refractivity contribution in [1.29, 1.82) is 0 Å². The van der Waals surface area contributed by atoms with Crippen LogP contribution in [0.2, 0.25) is 0 Å². The van der Waals surface area contributed by atoms with E-state index in [0.717, 1.165) is 50.2 Å². The van der Waals surface area contributed by atoms with Gasteiger partial charge in [0.25, 0.3) is 0 Å². The third kappa shape index (κ3) is 2.97. The number of hydrogen-bond acceptors (Lipinski definition) is 0. The monoisotopic (exact) mass is 447 g/mol. The predicted molar refractivity (Wildman–Crippen MR) is 141 cm³/mol. The van der Waals surface area contributed by atoms with Gasteiger partial charge in [0, 0.05) is 28.1 Å². The number of fused-ring (bicyclic) bond motifs is 3. The van der Waals surface area contributed by atoms with Gasteiger partial charge in [-0.05, 0) is 65.2 Å². The SMILES string of the molecule is [2H]c1c(C)c(C([2H])([2H])[2H])c(C)[n+](C)c1-c1c(C)ccc2c1C(C)(C)c1c-2ccc([N+]#[C-])c1-c1ccccc1. The van der Waals surface area contributed by atoms with Crippen LogP contribution in [0.1, 0.15) is 52.8 Å². The lowest BCUT2D eigenvalue weighted by Crippen LogP contribution is -2.37. The number of benzene rings is 3. The van der Waals surface area contributed by atoms with Crippen molar-refractivity contribution in [1.82, 2.24) is 0 Å². The molecule has 0 fully saturated rings. The Morgan fingerprint density at radius 2 is 1.53 bits per heavy atom. The first-order valence-corrected chi connectivity index (χ1v) is 11.6. The average molecular weight is 448 g/mol. The Balaban J connectivity index is 1.90. The number of hydrogen-bond donors (Lipinski definition) is 0. The van der Waals surface area contributed by atoms with Gasteiger partial charge in [-0.2, -0.15) is 4.57 Å². The highest BCUT2D eigenvalue weighted by molar-refractivity contribution is 5.96. The van der Waals surface area contributed by atoms with Crippen LogP contribution in [-0.2, 0) is 12.5 Å². The molecule has 34 heavy (non-hydrogen) atoms. The highest BCUT2D eigenvalue weighted by Crippen LogP contribution is 2.57. The fraction of sp³-hybridized carbons (Fsp3) is 0.250. The largest absolute Gasteiger partial charge is 0.238 e. The van der Waals surface area contributed by atoms with Crippen LogP contribution in [0.15, 0.2) is 60.6 Å². The molecule has 0 atom stereocenters. The number of nitrogens with zero attached hydrogens (tertiary/aromatic N) is 2. The summed E-state index contributed by atoms with van der Waals surface area (Å²) in [6.07, 6.45) is 0. The Morgan fingerprint density at radius 3 is 2.18 bits per heavy atom. The van der Waals surface area contributed by atoms with Crippen LogP contribution in [0.4, 0.5) is 5.69 Å². The molecule has 0 spiro atoms. The third-order valence-corrected chi connectivity index (χ3v) is 7.44. The third-order valence-electron chi connectivity index (χ3n) is 7.44. The molecule has 0 bridgehead atoms. The van der Waals surface area contributed by atoms with E-state index in [1.165, 1.54) is 0 Å². The lowest BCUT2D eigenvalue weighted by atomic mass is 9.75. The minimum Gasteiger partial charge on any atom is -0.238 e. The molecule has 2 nitrogen and oxygen atoms in total. The quantitative estimate of drug-likeness (QED) is 0.218. The minimum absolute atomic E-state index is 0.234. The van der Waals surface area contributed by atoms with Crippen molar-refractivity contribution in [3.05, 3.63) is 106 Å². The molecule has 2 heteroatoms. The maximum Gasteiger partial charge on any atom is 0.213 e. The van der Waals surface area contributed by atoms with E-state index in [4.69, 9.17) is 10.7 Å². The van der Waals surface area contributed by atoms with Gasteiger partial charge in [0.15, 0.2) is 11.4 Å². The lowest BCUT2D eigenvalue weighted by molar-refractivity contribution is -0.667. The smallest absolute Gasteiger partial charge is 0.213 e. The summed E-state index contributed by atoms with van der Waals surface area (Å²) in [5, 5.41) is 0. The van der Waals surface area contributed by atoms with Gasteiger partial charge in [0.1, 0.15) is 7.05 Å². The van der Waals surface area contributed by atoms with Crippen molar-refractivity contribution in [3.8, 4) is 33.5 Å². The Hall–Kier alpha value is -3.70. The van der Waals surface area contributed by atoms with Gasteiger partial charge in [-0.15, -0.1) is 0 Å². The van der Waals surface area contributed by atoms with Crippen LogP contribution in [0.25, 0.3) is 38.4 Å². The van der Waals surface area contributed by atoms with Crippen molar-refractivity contribution in [3.63, 3.8) is 0 Å². The average Bonchev–Trinajstić information content (AvgIpc) is 3.10. The number of pyridine rings is 1. The maximum atomic E-state index is 9.17. The molecule has 0 unspecified atom stereocenters.